The van der Waals surface area contributed by atoms with Gasteiger partial charge in [-0.1, -0.05) is 6.58 Å². The number of anilines is 1. The maximum Gasteiger partial charge on any atom is 0.198 e. The quantitative estimate of drug-likeness (QED) is 0.290. The summed E-state index contributed by atoms with van der Waals surface area (Å²) >= 11 is 5.42. The molecule has 0 unspecified atom stereocenters. The smallest absolute Gasteiger partial charge is 0.198 e. The number of nitrogens with one attached hydrogen (secondary N) is 2. The van der Waals surface area contributed by atoms with Crippen LogP contribution in [0.25, 0.3) is 0 Å². The highest BCUT2D eigenvalue weighted by atomic mass is 127. The molecule has 0 amide bonds. The molecular weight excluding hydrogens is 463 g/mol. The molecule has 1 aliphatic rings. The summed E-state index contributed by atoms with van der Waals surface area (Å²) in [5.74, 6) is 5.17. The van der Waals surface area contributed by atoms with Crippen LogP contribution in [0.5, 0.6) is 0 Å². The molecule has 0 bridgehead atoms. The predicted molar refractivity (Wildman–Crippen MR) is 101 cm³/mol. The Balaban J connectivity index is 2.23. The highest BCUT2D eigenvalue weighted by Crippen LogP contribution is 2.36. The summed E-state index contributed by atoms with van der Waals surface area (Å²) < 4.78 is 0.522. The van der Waals surface area contributed by atoms with E-state index < -0.39 is 0 Å². The second-order valence-corrected chi connectivity index (χ2v) is 6.88. The van der Waals surface area contributed by atoms with Gasteiger partial charge < -0.3 is 10.6 Å². The minimum Gasteiger partial charge on any atom is -0.375 e. The molecule has 1 fully saturated rings. The number of halogens is 2. The van der Waals surface area contributed by atoms with Gasteiger partial charge in [-0.3, -0.25) is 0 Å². The number of allylic oxidation sites excluding steroid dienone is 2. The first-order valence-electron chi connectivity index (χ1n) is 6.30. The third-order valence-corrected chi connectivity index (χ3v) is 4.16. The van der Waals surface area contributed by atoms with Crippen LogP contribution in [0, 0.1) is 17.1 Å². The summed E-state index contributed by atoms with van der Waals surface area (Å²) in [6.07, 6.45) is 6.18. The fourth-order valence-corrected chi connectivity index (χ4v) is 2.44. The minimum absolute atomic E-state index is 0.522. The molecule has 0 aromatic carbocycles. The van der Waals surface area contributed by atoms with Gasteiger partial charge in [-0.15, -0.1) is 0 Å². The zero-order valence-corrected chi connectivity index (χ0v) is 16.0. The van der Waals surface area contributed by atoms with Crippen molar-refractivity contribution in [2.24, 2.45) is 5.92 Å². The van der Waals surface area contributed by atoms with Crippen LogP contribution in [0.3, 0.4) is 0 Å². The van der Waals surface area contributed by atoms with Crippen molar-refractivity contribution in [3.8, 4) is 11.2 Å². The Morgan fingerprint density at radius 3 is 3.00 bits per heavy atom. The molecule has 0 spiro atoms. The highest BCUT2D eigenvalue weighted by Gasteiger charge is 2.23. The van der Waals surface area contributed by atoms with Crippen LogP contribution in [-0.4, -0.2) is 17.0 Å². The van der Waals surface area contributed by atoms with Crippen molar-refractivity contribution < 1.29 is 0 Å². The molecule has 1 aliphatic carbocycles. The lowest BCUT2D eigenvalue weighted by Crippen LogP contribution is -2.17. The number of aromatic nitrogens is 2. The summed E-state index contributed by atoms with van der Waals surface area (Å²) in [4.78, 5) is 8.47. The monoisotopic (exact) mass is 476 g/mol. The van der Waals surface area contributed by atoms with Gasteiger partial charge in [0.25, 0.3) is 0 Å². The Bertz CT molecular complexity index is 632. The maximum absolute atomic E-state index is 4.35. The number of hydrogen-bond donors (Lipinski definition) is 2. The van der Waals surface area contributed by atoms with Gasteiger partial charge in [0.2, 0.25) is 0 Å². The molecule has 7 heteroatoms. The summed E-state index contributed by atoms with van der Waals surface area (Å²) in [5, 5.41) is 9.33. The molecule has 1 aromatic rings. The SMILES string of the molecule is C=C(/C=C(\NC)Nc1nc(Br)ncc1C#CSI)C1CC1. The number of nitrogens with zero attached hydrogens (tertiary/aromatic N) is 2. The summed E-state index contributed by atoms with van der Waals surface area (Å²) in [7, 11) is 3.29. The Morgan fingerprint density at radius 2 is 2.38 bits per heavy atom. The summed E-state index contributed by atoms with van der Waals surface area (Å²) in [6.45, 7) is 4.10. The van der Waals surface area contributed by atoms with Crippen molar-refractivity contribution in [2.75, 3.05) is 12.4 Å². The van der Waals surface area contributed by atoms with Crippen molar-refractivity contribution in [1.29, 1.82) is 0 Å². The molecule has 0 atom stereocenters. The largest absolute Gasteiger partial charge is 0.375 e. The fraction of sp³-hybridized carbons (Fsp3) is 0.286. The maximum atomic E-state index is 4.35. The third kappa shape index (κ3) is 5.20. The lowest BCUT2D eigenvalue weighted by Gasteiger charge is -2.12. The predicted octanol–water partition coefficient (Wildman–Crippen LogP) is 4.07. The minimum atomic E-state index is 0.522. The molecule has 1 aromatic heterocycles. The molecule has 0 saturated heterocycles. The second-order valence-electron chi connectivity index (χ2n) is 4.49. The lowest BCUT2D eigenvalue weighted by atomic mass is 10.2. The Kier molecular flexibility index (Phi) is 6.39. The Morgan fingerprint density at radius 1 is 1.62 bits per heavy atom. The molecular formula is C14H14BrIN4S. The van der Waals surface area contributed by atoms with Gasteiger partial charge in [0.15, 0.2) is 10.6 Å². The van der Waals surface area contributed by atoms with Crippen LogP contribution in [0.4, 0.5) is 5.82 Å². The first-order valence-corrected chi connectivity index (χ1v) is 10.5. The van der Waals surface area contributed by atoms with Gasteiger partial charge in [0.1, 0.15) is 5.82 Å². The molecule has 0 radical (unpaired) electrons. The van der Waals surface area contributed by atoms with Crippen molar-refractivity contribution in [3.05, 3.63) is 40.5 Å². The van der Waals surface area contributed by atoms with Gasteiger partial charge in [-0.25, -0.2) is 9.97 Å². The van der Waals surface area contributed by atoms with Gasteiger partial charge >= 0.3 is 0 Å². The lowest BCUT2D eigenvalue weighted by molar-refractivity contribution is 0.960. The van der Waals surface area contributed by atoms with Crippen LogP contribution in [-0.2, 0) is 0 Å². The summed E-state index contributed by atoms with van der Waals surface area (Å²) in [5.41, 5.74) is 1.89. The zero-order chi connectivity index (χ0) is 15.2. The average Bonchev–Trinajstić information content (AvgIpc) is 3.30. The van der Waals surface area contributed by atoms with Gasteiger partial charge in [0.05, 0.1) is 5.56 Å². The van der Waals surface area contributed by atoms with E-state index in [-0.39, 0.29) is 0 Å². The van der Waals surface area contributed by atoms with E-state index in [0.717, 1.165) is 17.0 Å². The standard InChI is InChI=1S/C14H14BrIN4S/c1-9(10-3-4-10)7-12(17-2)19-13-11(5-6-21-16)8-18-14(15)20-13/h7-8,10,17H,1,3-4H2,2H3,(H,18,19,20)/b12-7+. The number of hydrogen-bond acceptors (Lipinski definition) is 5. The van der Waals surface area contributed by atoms with Crippen molar-refractivity contribution in [3.63, 3.8) is 0 Å². The molecule has 1 saturated carbocycles. The van der Waals surface area contributed by atoms with E-state index in [2.05, 4.69) is 75.5 Å². The summed E-state index contributed by atoms with van der Waals surface area (Å²) in [6, 6.07) is 0. The third-order valence-electron chi connectivity index (χ3n) is 2.94. The van der Waals surface area contributed by atoms with E-state index in [9.17, 15) is 0 Å². The van der Waals surface area contributed by atoms with Gasteiger partial charge in [0, 0.05) is 34.5 Å². The van der Waals surface area contributed by atoms with E-state index in [1.54, 1.807) is 6.20 Å². The average molecular weight is 477 g/mol. The van der Waals surface area contributed by atoms with Gasteiger partial charge in [-0.2, -0.15) is 0 Å². The molecule has 2 rings (SSSR count). The molecule has 2 N–H and O–H groups in total. The van der Waals surface area contributed by atoms with E-state index in [4.69, 9.17) is 0 Å². The van der Waals surface area contributed by atoms with Crippen LogP contribution >= 0.6 is 46.1 Å². The molecule has 110 valence electrons. The topological polar surface area (TPSA) is 49.8 Å². The Labute approximate surface area is 149 Å². The van der Waals surface area contributed by atoms with Crippen LogP contribution in [0.2, 0.25) is 0 Å². The zero-order valence-electron chi connectivity index (χ0n) is 11.4. The first-order chi connectivity index (χ1) is 10.1. The normalized spacial score (nSPS) is 14.1. The molecule has 4 nitrogen and oxygen atoms in total. The second kappa shape index (κ2) is 8.06. The Hall–Kier alpha value is -0.720. The van der Waals surface area contributed by atoms with Crippen molar-refractivity contribution in [1.82, 2.24) is 15.3 Å². The van der Waals surface area contributed by atoms with E-state index in [1.165, 1.54) is 21.8 Å². The van der Waals surface area contributed by atoms with Crippen LogP contribution in [0.1, 0.15) is 18.4 Å². The van der Waals surface area contributed by atoms with Crippen molar-refractivity contribution in [2.45, 2.75) is 12.8 Å². The molecule has 0 aliphatic heterocycles. The van der Waals surface area contributed by atoms with Crippen LogP contribution < -0.4 is 10.6 Å². The van der Waals surface area contributed by atoms with Crippen LogP contribution in [0.15, 0.2) is 35.0 Å². The van der Waals surface area contributed by atoms with Crippen molar-refractivity contribution >= 4 is 51.9 Å². The first kappa shape index (κ1) is 16.6. The molecule has 1 heterocycles. The van der Waals surface area contributed by atoms with Gasteiger partial charge in [-0.05, 0) is 66.4 Å². The number of rotatable bonds is 5. The van der Waals surface area contributed by atoms with E-state index >= 15 is 0 Å². The van der Waals surface area contributed by atoms with E-state index in [0.29, 0.717) is 16.5 Å². The highest BCUT2D eigenvalue weighted by molar-refractivity contribution is 14.2. The van der Waals surface area contributed by atoms with E-state index in [1.807, 2.05) is 13.1 Å². The molecule has 21 heavy (non-hydrogen) atoms. The fourth-order valence-electron chi connectivity index (χ4n) is 1.68.